The van der Waals surface area contributed by atoms with Crippen molar-refractivity contribution in [2.45, 2.75) is 130 Å². The van der Waals surface area contributed by atoms with Crippen LogP contribution in [0.5, 0.6) is 0 Å². The van der Waals surface area contributed by atoms with Crippen molar-refractivity contribution < 1.29 is 28.8 Å². The second kappa shape index (κ2) is 21.7. The van der Waals surface area contributed by atoms with Crippen LogP contribution >= 0.6 is 0 Å². The van der Waals surface area contributed by atoms with E-state index in [4.69, 9.17) is 0 Å². The smallest absolute Gasteiger partial charge is 0.0786 e. The quantitative estimate of drug-likeness (QED) is 0.193. The average molecular weight is 541 g/mol. The van der Waals surface area contributed by atoms with E-state index in [-0.39, 0.29) is 11.8 Å². The van der Waals surface area contributed by atoms with Crippen molar-refractivity contribution in [3.05, 3.63) is 0 Å². The Labute approximate surface area is 236 Å². The van der Waals surface area contributed by atoms with Crippen LogP contribution in [0.1, 0.15) is 130 Å². The number of unbranched alkanes of at least 4 members (excludes halogenated alkanes) is 5. The standard InChI is InChI=1S/C16H34N2.2C8H16O2/c1-17(13-7-8-14-17)11-5-3-4-6-12-18(2)15-9-10-16-18;2*1-3-5-6-7(4-2)8(9)10/h3-16H2,1-2H3;2*7H,3-6H2,1-2H3,(H,9,10)/q+2;;/p-2. The monoisotopic (exact) mass is 540 g/mol. The second-order valence-corrected chi connectivity index (χ2v) is 12.5. The van der Waals surface area contributed by atoms with Gasteiger partial charge >= 0.3 is 0 Å². The van der Waals surface area contributed by atoms with Crippen LogP contribution < -0.4 is 10.2 Å². The molecule has 0 aliphatic carbocycles. The lowest BCUT2D eigenvalue weighted by molar-refractivity contribution is -0.898. The molecule has 38 heavy (non-hydrogen) atoms. The number of hydrogen-bond acceptors (Lipinski definition) is 4. The molecule has 0 bridgehead atoms. The third-order valence-corrected chi connectivity index (χ3v) is 8.90. The largest absolute Gasteiger partial charge is 0.550 e. The van der Waals surface area contributed by atoms with Crippen molar-refractivity contribution in [2.75, 3.05) is 53.4 Å². The molecule has 0 aromatic rings. The molecular formula is C32H64N2O4. The van der Waals surface area contributed by atoms with Crippen molar-refractivity contribution in [1.82, 2.24) is 0 Å². The van der Waals surface area contributed by atoms with Crippen LogP contribution in [-0.2, 0) is 9.59 Å². The first kappa shape index (κ1) is 36.9. The van der Waals surface area contributed by atoms with Crippen LogP contribution in [-0.4, -0.2) is 74.3 Å². The Balaban J connectivity index is 0.000000589. The van der Waals surface area contributed by atoms with Gasteiger partial charge in [-0.1, -0.05) is 53.4 Å². The Morgan fingerprint density at radius 2 is 0.895 bits per heavy atom. The lowest BCUT2D eigenvalue weighted by Crippen LogP contribution is -2.42. The van der Waals surface area contributed by atoms with Gasteiger partial charge in [0.15, 0.2) is 0 Å². The van der Waals surface area contributed by atoms with Gasteiger partial charge in [-0.2, -0.15) is 0 Å². The highest BCUT2D eigenvalue weighted by Crippen LogP contribution is 2.20. The maximum Gasteiger partial charge on any atom is 0.0786 e. The number of carbonyl (C=O) groups excluding carboxylic acids is 2. The molecule has 2 aliphatic heterocycles. The summed E-state index contributed by atoms with van der Waals surface area (Å²) in [6.07, 6.45) is 18.8. The van der Waals surface area contributed by atoms with Gasteiger partial charge in [0.25, 0.3) is 0 Å². The first-order valence-corrected chi connectivity index (χ1v) is 16.1. The molecule has 6 nitrogen and oxygen atoms in total. The molecule has 0 radical (unpaired) electrons. The second-order valence-electron chi connectivity index (χ2n) is 12.5. The van der Waals surface area contributed by atoms with E-state index in [2.05, 4.69) is 27.9 Å². The maximum absolute atomic E-state index is 10.3. The summed E-state index contributed by atoms with van der Waals surface area (Å²) in [6.45, 7) is 16.5. The van der Waals surface area contributed by atoms with Gasteiger partial charge in [0.1, 0.15) is 0 Å². The fraction of sp³-hybridized carbons (Fsp3) is 0.938. The fourth-order valence-electron chi connectivity index (χ4n) is 5.86. The average Bonchev–Trinajstić information content (AvgIpc) is 3.51. The minimum Gasteiger partial charge on any atom is -0.550 e. The molecule has 226 valence electrons. The van der Waals surface area contributed by atoms with E-state index in [9.17, 15) is 19.8 Å². The van der Waals surface area contributed by atoms with Crippen LogP contribution in [0.15, 0.2) is 0 Å². The Bertz CT molecular complexity index is 546. The zero-order chi connectivity index (χ0) is 28.9. The molecule has 2 unspecified atom stereocenters. The predicted molar refractivity (Wildman–Crippen MR) is 155 cm³/mol. The molecule has 2 heterocycles. The molecule has 2 saturated heterocycles. The van der Waals surface area contributed by atoms with Gasteiger partial charge in [-0.15, -0.1) is 0 Å². The van der Waals surface area contributed by atoms with E-state index in [1.165, 1.54) is 99.6 Å². The van der Waals surface area contributed by atoms with Gasteiger partial charge in [-0.25, -0.2) is 0 Å². The number of likely N-dealkylation sites (tertiary alicyclic amines) is 2. The number of aliphatic carboxylic acids is 2. The third kappa shape index (κ3) is 17.4. The number of carbonyl (C=O) groups is 2. The van der Waals surface area contributed by atoms with Gasteiger partial charge < -0.3 is 28.8 Å². The Morgan fingerprint density at radius 1 is 0.579 bits per heavy atom. The highest BCUT2D eigenvalue weighted by molar-refractivity contribution is 5.67. The van der Waals surface area contributed by atoms with E-state index in [1.54, 1.807) is 0 Å². The van der Waals surface area contributed by atoms with Crippen molar-refractivity contribution >= 4 is 11.9 Å². The first-order chi connectivity index (χ1) is 18.1. The highest BCUT2D eigenvalue weighted by Gasteiger charge is 2.27. The van der Waals surface area contributed by atoms with Crippen LogP contribution in [0.4, 0.5) is 0 Å². The SMILES string of the molecule is CCCCC(CC)C(=O)[O-].CCCCC(CC)C(=O)[O-].C[N+]1(CCCCCC[N+]2(C)CCCC2)CCCC1. The number of hydrogen-bond donors (Lipinski definition) is 0. The number of carboxylic acids is 2. The van der Waals surface area contributed by atoms with Gasteiger partial charge in [-0.05, 0) is 63.2 Å². The molecule has 0 aromatic heterocycles. The molecule has 0 spiro atoms. The van der Waals surface area contributed by atoms with Crippen molar-refractivity contribution in [1.29, 1.82) is 0 Å². The zero-order valence-electron chi connectivity index (χ0n) is 26.2. The van der Waals surface area contributed by atoms with Crippen molar-refractivity contribution in [3.63, 3.8) is 0 Å². The van der Waals surface area contributed by atoms with Gasteiger partial charge in [-0.3, -0.25) is 0 Å². The number of quaternary nitrogens is 2. The normalized spacial score (nSPS) is 19.0. The minimum absolute atomic E-state index is 0.222. The fourth-order valence-corrected chi connectivity index (χ4v) is 5.86. The highest BCUT2D eigenvalue weighted by atomic mass is 16.4. The Kier molecular flexibility index (Phi) is 21.0. The summed E-state index contributed by atoms with van der Waals surface area (Å²) >= 11 is 0. The molecule has 0 amide bonds. The minimum atomic E-state index is -0.893. The summed E-state index contributed by atoms with van der Waals surface area (Å²) in [5.41, 5.74) is 0. The van der Waals surface area contributed by atoms with Crippen LogP contribution in [0, 0.1) is 11.8 Å². The molecule has 2 aliphatic rings. The lowest BCUT2D eigenvalue weighted by atomic mass is 10.00. The van der Waals surface area contributed by atoms with Crippen molar-refractivity contribution in [3.8, 4) is 0 Å². The summed E-state index contributed by atoms with van der Waals surface area (Å²) in [4.78, 5) is 20.7. The summed E-state index contributed by atoms with van der Waals surface area (Å²) in [6, 6.07) is 0. The van der Waals surface area contributed by atoms with E-state index >= 15 is 0 Å². The molecule has 6 heteroatoms. The van der Waals surface area contributed by atoms with Crippen LogP contribution in [0.2, 0.25) is 0 Å². The number of carboxylic acid groups (broad SMARTS) is 2. The Morgan fingerprint density at radius 3 is 1.13 bits per heavy atom. The molecule has 0 N–H and O–H groups in total. The molecule has 2 rings (SSSR count). The van der Waals surface area contributed by atoms with E-state index in [0.29, 0.717) is 12.8 Å². The summed E-state index contributed by atoms with van der Waals surface area (Å²) in [5.74, 6) is -2.23. The molecule has 0 aromatic carbocycles. The first-order valence-electron chi connectivity index (χ1n) is 16.1. The van der Waals surface area contributed by atoms with Crippen molar-refractivity contribution in [2.24, 2.45) is 11.8 Å². The molecule has 0 saturated carbocycles. The number of rotatable bonds is 17. The summed E-state index contributed by atoms with van der Waals surface area (Å²) < 4.78 is 2.74. The molecule has 2 fully saturated rings. The maximum atomic E-state index is 10.3. The lowest BCUT2D eigenvalue weighted by Gasteiger charge is -2.30. The summed E-state index contributed by atoms with van der Waals surface area (Å²) in [5, 5.41) is 20.7. The van der Waals surface area contributed by atoms with E-state index in [1.807, 2.05) is 13.8 Å². The molecular weight excluding hydrogens is 476 g/mol. The number of nitrogens with zero attached hydrogens (tertiary/aromatic N) is 2. The summed E-state index contributed by atoms with van der Waals surface area (Å²) in [7, 11) is 4.92. The Hall–Kier alpha value is -1.14. The molecule has 2 atom stereocenters. The van der Waals surface area contributed by atoms with Gasteiger partial charge in [0.2, 0.25) is 0 Å². The predicted octanol–water partition coefficient (Wildman–Crippen LogP) is 4.93. The van der Waals surface area contributed by atoms with Crippen LogP contribution in [0.3, 0.4) is 0 Å². The van der Waals surface area contributed by atoms with Gasteiger partial charge in [0, 0.05) is 37.6 Å². The van der Waals surface area contributed by atoms with E-state index in [0.717, 1.165) is 38.5 Å². The van der Waals surface area contributed by atoms with E-state index < -0.39 is 11.9 Å². The zero-order valence-corrected chi connectivity index (χ0v) is 26.2. The van der Waals surface area contributed by atoms with Crippen LogP contribution in [0.25, 0.3) is 0 Å². The topological polar surface area (TPSA) is 80.3 Å². The third-order valence-electron chi connectivity index (χ3n) is 8.90. The van der Waals surface area contributed by atoms with Gasteiger partial charge in [0.05, 0.1) is 53.4 Å².